The second-order valence-corrected chi connectivity index (χ2v) is 10.8. The van der Waals surface area contributed by atoms with Crippen molar-refractivity contribution in [3.63, 3.8) is 0 Å². The number of halogens is 6. The second kappa shape index (κ2) is 9.14. The first-order chi connectivity index (χ1) is 17.4. The van der Waals surface area contributed by atoms with Crippen molar-refractivity contribution in [3.8, 4) is 5.75 Å². The Morgan fingerprint density at radius 2 is 1.74 bits per heavy atom. The van der Waals surface area contributed by atoms with Gasteiger partial charge in [-0.2, -0.15) is 34.8 Å². The molecule has 17 heteroatoms. The maximum Gasteiger partial charge on any atom is 0.438 e. The Morgan fingerprint density at radius 3 is 2.29 bits per heavy atom. The van der Waals surface area contributed by atoms with E-state index in [0.717, 1.165) is 12.1 Å². The maximum absolute atomic E-state index is 13.5. The van der Waals surface area contributed by atoms with E-state index in [1.807, 2.05) is 0 Å². The van der Waals surface area contributed by atoms with Gasteiger partial charge in [0.2, 0.25) is 0 Å². The van der Waals surface area contributed by atoms with Crippen LogP contribution in [0.4, 0.5) is 26.3 Å². The Bertz CT molecular complexity index is 1260. The summed E-state index contributed by atoms with van der Waals surface area (Å²) in [5, 5.41) is 0. The normalized spacial score (nSPS) is 26.8. The van der Waals surface area contributed by atoms with E-state index in [-0.39, 0.29) is 29.8 Å². The molecule has 0 spiro atoms. The largest absolute Gasteiger partial charge is 0.462 e. The molecule has 1 heterocycles. The van der Waals surface area contributed by atoms with Gasteiger partial charge in [-0.15, -0.1) is 0 Å². The molecule has 5 atom stereocenters. The van der Waals surface area contributed by atoms with Crippen LogP contribution < -0.4 is 4.74 Å². The monoisotopic (exact) mass is 570 g/mol. The number of alkyl halides is 6. The molecule has 3 fully saturated rings. The third-order valence-electron chi connectivity index (χ3n) is 7.06. The van der Waals surface area contributed by atoms with Crippen molar-refractivity contribution in [2.24, 2.45) is 23.7 Å². The lowest BCUT2D eigenvalue weighted by Crippen LogP contribution is -2.63. The van der Waals surface area contributed by atoms with E-state index in [1.54, 1.807) is 0 Å². The molecule has 1 N–H and O–H groups in total. The summed E-state index contributed by atoms with van der Waals surface area (Å²) < 4.78 is 126. The highest BCUT2D eigenvalue weighted by molar-refractivity contribution is 7.85. The highest BCUT2D eigenvalue weighted by Gasteiger charge is 2.76. The molecule has 2 aliphatic carbocycles. The molecule has 2 bridgehead atoms. The molecular formula is C21H17BF6O9S. The minimum Gasteiger partial charge on any atom is -0.462 e. The third kappa shape index (κ3) is 4.74. The number of carbonyl (C=O) groups excluding carboxylic acids is 3. The van der Waals surface area contributed by atoms with Crippen molar-refractivity contribution in [3.05, 3.63) is 29.3 Å². The predicted octanol–water partition coefficient (Wildman–Crippen LogP) is 2.37. The average Bonchev–Trinajstić information content (AvgIpc) is 3.39. The van der Waals surface area contributed by atoms with Gasteiger partial charge in [-0.25, -0.2) is 4.79 Å². The number of hydrogen-bond donors (Lipinski definition) is 1. The van der Waals surface area contributed by atoms with Crippen molar-refractivity contribution in [2.45, 2.75) is 43.2 Å². The zero-order chi connectivity index (χ0) is 28.4. The molecule has 1 aromatic carbocycles. The third-order valence-corrected chi connectivity index (χ3v) is 7.83. The fraction of sp³-hybridized carbons (Fsp3) is 0.571. The Hall–Kier alpha value is -2.82. The number of hydrogen-bond acceptors (Lipinski definition) is 8. The van der Waals surface area contributed by atoms with E-state index in [9.17, 15) is 49.1 Å². The lowest BCUT2D eigenvalue weighted by molar-refractivity contribution is -0.356. The Kier molecular flexibility index (Phi) is 6.78. The molecule has 1 aliphatic heterocycles. The Balaban J connectivity index is 1.63. The first-order valence-corrected chi connectivity index (χ1v) is 12.6. The smallest absolute Gasteiger partial charge is 0.438 e. The Morgan fingerprint density at radius 1 is 1.11 bits per heavy atom. The number of carbonyl (C=O) groups is 3. The van der Waals surface area contributed by atoms with Gasteiger partial charge >= 0.3 is 35.9 Å². The predicted molar refractivity (Wildman–Crippen MR) is 111 cm³/mol. The minimum absolute atomic E-state index is 0.0285. The SMILES string of the molecule is [B]Cc1ccc(C(=O)OC(CS(=O)(=O)O)(C(F)(F)F)C(F)(F)F)cc1OC(=O)C1C2CC3OC(=O)C1C3C2. The lowest BCUT2D eigenvalue weighted by Gasteiger charge is -2.35. The van der Waals surface area contributed by atoms with Gasteiger partial charge in [-0.1, -0.05) is 12.4 Å². The number of rotatable bonds is 7. The van der Waals surface area contributed by atoms with Crippen LogP contribution >= 0.6 is 0 Å². The molecule has 206 valence electrons. The van der Waals surface area contributed by atoms with Gasteiger partial charge in [0, 0.05) is 5.92 Å². The van der Waals surface area contributed by atoms with Crippen LogP contribution in [-0.2, 0) is 35.5 Å². The molecule has 5 unspecified atom stereocenters. The zero-order valence-corrected chi connectivity index (χ0v) is 19.7. The lowest BCUT2D eigenvalue weighted by atomic mass is 9.80. The standard InChI is InChI=1S/C21H17BF6O9S/c22-6-9-2-1-8(16(29)37-19(20(23,24)25,21(26,27)28)7-38(32,33)34)4-12(9)35-17(30)14-10-3-11-13(5-10)36-18(31)15(11)14/h1-2,4,10-11,13-15H,3,5-7H2,(H,32,33,34). The second-order valence-electron chi connectivity index (χ2n) is 9.31. The molecule has 2 radical (unpaired) electrons. The Labute approximate surface area is 211 Å². The van der Waals surface area contributed by atoms with E-state index in [4.69, 9.17) is 21.9 Å². The molecule has 38 heavy (non-hydrogen) atoms. The van der Waals surface area contributed by atoms with E-state index >= 15 is 0 Å². The summed E-state index contributed by atoms with van der Waals surface area (Å²) >= 11 is 0. The van der Waals surface area contributed by atoms with Gasteiger partial charge in [-0.3, -0.25) is 14.1 Å². The van der Waals surface area contributed by atoms with Gasteiger partial charge in [0.1, 0.15) is 17.6 Å². The topological polar surface area (TPSA) is 133 Å². The molecule has 1 aromatic rings. The average molecular weight is 570 g/mol. The highest BCUT2D eigenvalue weighted by atomic mass is 32.2. The van der Waals surface area contributed by atoms with Crippen molar-refractivity contribution in [1.29, 1.82) is 0 Å². The zero-order valence-electron chi connectivity index (χ0n) is 18.9. The van der Waals surface area contributed by atoms with Crippen LogP contribution in [0.25, 0.3) is 0 Å². The number of benzene rings is 1. The van der Waals surface area contributed by atoms with Gasteiger partial charge in [0.05, 0.1) is 25.2 Å². The van der Waals surface area contributed by atoms with Crippen LogP contribution in [0.2, 0.25) is 0 Å². The van der Waals surface area contributed by atoms with Gasteiger partial charge < -0.3 is 14.2 Å². The molecule has 4 rings (SSSR count). The first kappa shape index (κ1) is 28.2. The van der Waals surface area contributed by atoms with Crippen LogP contribution in [0.15, 0.2) is 18.2 Å². The van der Waals surface area contributed by atoms with Crippen molar-refractivity contribution < 1.29 is 67.9 Å². The number of ether oxygens (including phenoxy) is 3. The van der Waals surface area contributed by atoms with Crippen LogP contribution in [0.3, 0.4) is 0 Å². The molecule has 9 nitrogen and oxygen atoms in total. The van der Waals surface area contributed by atoms with E-state index in [0.29, 0.717) is 18.9 Å². The fourth-order valence-corrected chi connectivity index (χ4v) is 6.29. The highest BCUT2D eigenvalue weighted by Crippen LogP contribution is 2.58. The van der Waals surface area contributed by atoms with Crippen LogP contribution in [0.5, 0.6) is 5.75 Å². The van der Waals surface area contributed by atoms with Crippen LogP contribution in [0.1, 0.15) is 28.8 Å². The quantitative estimate of drug-likeness (QED) is 0.173. The molecule has 0 amide bonds. The van der Waals surface area contributed by atoms with E-state index in [1.165, 1.54) is 0 Å². The summed E-state index contributed by atoms with van der Waals surface area (Å²) in [6.45, 7) is 0. The van der Waals surface area contributed by atoms with Gasteiger partial charge in [0.25, 0.3) is 10.1 Å². The molecule has 0 aromatic heterocycles. The summed E-state index contributed by atoms with van der Waals surface area (Å²) in [5.74, 6) is -9.43. The van der Waals surface area contributed by atoms with Gasteiger partial charge in [0.15, 0.2) is 0 Å². The number of esters is 3. The summed E-state index contributed by atoms with van der Waals surface area (Å²) in [6, 6.07) is 2.31. The van der Waals surface area contributed by atoms with E-state index in [2.05, 4.69) is 4.74 Å². The maximum atomic E-state index is 13.5. The van der Waals surface area contributed by atoms with Crippen LogP contribution in [0, 0.1) is 23.7 Å². The summed E-state index contributed by atoms with van der Waals surface area (Å²) in [7, 11) is -0.414. The molecule has 3 aliphatic rings. The summed E-state index contributed by atoms with van der Waals surface area (Å²) in [5.41, 5.74) is -6.57. The van der Waals surface area contributed by atoms with Crippen molar-refractivity contribution in [2.75, 3.05) is 5.75 Å². The molecule has 1 saturated heterocycles. The molecular weight excluding hydrogens is 553 g/mol. The summed E-state index contributed by atoms with van der Waals surface area (Å²) in [4.78, 5) is 37.6. The number of fused-ring (bicyclic) bond motifs is 1. The van der Waals surface area contributed by atoms with Crippen LogP contribution in [-0.4, -0.2) is 68.5 Å². The van der Waals surface area contributed by atoms with Crippen molar-refractivity contribution >= 4 is 35.9 Å². The van der Waals surface area contributed by atoms with E-state index < -0.39 is 74.9 Å². The van der Waals surface area contributed by atoms with Crippen molar-refractivity contribution in [1.82, 2.24) is 0 Å². The minimum atomic E-state index is -6.52. The fourth-order valence-electron chi connectivity index (χ4n) is 5.39. The summed E-state index contributed by atoms with van der Waals surface area (Å²) in [6.07, 6.45) is -12.7. The van der Waals surface area contributed by atoms with Gasteiger partial charge in [-0.05, 0) is 36.5 Å². The first-order valence-electron chi connectivity index (χ1n) is 11.0. The molecule has 2 saturated carbocycles.